The van der Waals surface area contributed by atoms with Crippen molar-refractivity contribution in [3.05, 3.63) is 21.9 Å². The normalized spacial score (nSPS) is 14.7. The highest BCUT2D eigenvalue weighted by molar-refractivity contribution is 7.11. The number of hydrogen-bond acceptors (Lipinski definition) is 3. The van der Waals surface area contributed by atoms with Crippen LogP contribution < -0.4 is 5.32 Å². The number of aryl methyl sites for hydroxylation is 1. The Kier molecular flexibility index (Phi) is 7.56. The maximum Gasteiger partial charge on any atom is 0.0558 e. The van der Waals surface area contributed by atoms with Crippen LogP contribution in [0, 0.1) is 0 Å². The number of hydrogen-bond donors (Lipinski definition) is 1. The summed E-state index contributed by atoms with van der Waals surface area (Å²) in [5.74, 6) is 0. The van der Waals surface area contributed by atoms with E-state index in [0.717, 1.165) is 25.8 Å². The second-order valence-electron chi connectivity index (χ2n) is 4.86. The lowest BCUT2D eigenvalue weighted by atomic mass is 10.1. The molecule has 0 aliphatic rings. The van der Waals surface area contributed by atoms with E-state index in [-0.39, 0.29) is 0 Å². The SMILES string of the molecule is CCCNC(Cc1ccc(CC)s1)CC(C)OC. The Morgan fingerprint density at radius 1 is 1.28 bits per heavy atom. The highest BCUT2D eigenvalue weighted by Gasteiger charge is 2.14. The van der Waals surface area contributed by atoms with Gasteiger partial charge < -0.3 is 10.1 Å². The minimum absolute atomic E-state index is 0.324. The zero-order valence-corrected chi connectivity index (χ0v) is 13.0. The predicted molar refractivity (Wildman–Crippen MR) is 80.6 cm³/mol. The lowest BCUT2D eigenvalue weighted by Gasteiger charge is -2.21. The molecule has 0 aliphatic carbocycles. The third kappa shape index (κ3) is 5.51. The van der Waals surface area contributed by atoms with Crippen molar-refractivity contribution in [2.45, 2.75) is 58.6 Å². The van der Waals surface area contributed by atoms with E-state index in [4.69, 9.17) is 4.74 Å². The zero-order chi connectivity index (χ0) is 13.4. The Labute approximate surface area is 116 Å². The van der Waals surface area contributed by atoms with Crippen LogP contribution >= 0.6 is 11.3 Å². The van der Waals surface area contributed by atoms with E-state index in [1.54, 1.807) is 7.11 Å². The summed E-state index contributed by atoms with van der Waals surface area (Å²) in [5, 5.41) is 3.64. The molecule has 0 aliphatic heterocycles. The topological polar surface area (TPSA) is 21.3 Å². The van der Waals surface area contributed by atoms with Crippen molar-refractivity contribution >= 4 is 11.3 Å². The molecule has 1 aromatic rings. The van der Waals surface area contributed by atoms with Gasteiger partial charge in [0.05, 0.1) is 6.10 Å². The van der Waals surface area contributed by atoms with Crippen LogP contribution in [0.3, 0.4) is 0 Å². The van der Waals surface area contributed by atoms with Crippen molar-refractivity contribution in [1.29, 1.82) is 0 Å². The van der Waals surface area contributed by atoms with Gasteiger partial charge in [0.1, 0.15) is 0 Å². The molecular weight excluding hydrogens is 242 g/mol. The summed E-state index contributed by atoms with van der Waals surface area (Å²) in [6.07, 6.45) is 4.85. The summed E-state index contributed by atoms with van der Waals surface area (Å²) in [4.78, 5) is 2.97. The summed E-state index contributed by atoms with van der Waals surface area (Å²) in [6.45, 7) is 7.67. The number of rotatable bonds is 9. The standard InChI is InChI=1S/C15H27NOS/c1-5-9-16-13(10-12(3)17-4)11-15-8-7-14(6-2)18-15/h7-8,12-13,16H,5-6,9-11H2,1-4H3. The molecule has 18 heavy (non-hydrogen) atoms. The number of ether oxygens (including phenoxy) is 1. The van der Waals surface area contributed by atoms with Gasteiger partial charge >= 0.3 is 0 Å². The van der Waals surface area contributed by atoms with Gasteiger partial charge in [-0.15, -0.1) is 11.3 Å². The molecule has 1 heterocycles. The number of methoxy groups -OCH3 is 1. The molecule has 0 saturated carbocycles. The average molecular weight is 269 g/mol. The summed E-state index contributed by atoms with van der Waals surface area (Å²) in [5.41, 5.74) is 0. The van der Waals surface area contributed by atoms with E-state index in [1.165, 1.54) is 16.2 Å². The van der Waals surface area contributed by atoms with Gasteiger partial charge in [-0.1, -0.05) is 13.8 Å². The van der Waals surface area contributed by atoms with Crippen LogP contribution in [0.25, 0.3) is 0 Å². The predicted octanol–water partition coefficient (Wildman–Crippen LogP) is 3.65. The van der Waals surface area contributed by atoms with Gasteiger partial charge in [-0.2, -0.15) is 0 Å². The van der Waals surface area contributed by atoms with Crippen molar-refractivity contribution in [3.63, 3.8) is 0 Å². The fourth-order valence-corrected chi connectivity index (χ4v) is 3.09. The van der Waals surface area contributed by atoms with Crippen molar-refractivity contribution in [2.75, 3.05) is 13.7 Å². The summed E-state index contributed by atoms with van der Waals surface area (Å²) < 4.78 is 5.39. The first kappa shape index (κ1) is 15.7. The molecule has 2 atom stereocenters. The van der Waals surface area contributed by atoms with E-state index in [1.807, 2.05) is 11.3 Å². The fraction of sp³-hybridized carbons (Fsp3) is 0.733. The van der Waals surface area contributed by atoms with E-state index in [9.17, 15) is 0 Å². The van der Waals surface area contributed by atoms with Crippen molar-refractivity contribution in [1.82, 2.24) is 5.32 Å². The Balaban J connectivity index is 2.53. The lowest BCUT2D eigenvalue weighted by molar-refractivity contribution is 0.100. The van der Waals surface area contributed by atoms with Gasteiger partial charge in [0, 0.05) is 22.9 Å². The molecule has 2 nitrogen and oxygen atoms in total. The van der Waals surface area contributed by atoms with E-state index >= 15 is 0 Å². The molecule has 0 amide bonds. The van der Waals surface area contributed by atoms with Gasteiger partial charge in [0.2, 0.25) is 0 Å². The van der Waals surface area contributed by atoms with Crippen molar-refractivity contribution in [2.24, 2.45) is 0 Å². The van der Waals surface area contributed by atoms with Crippen molar-refractivity contribution < 1.29 is 4.74 Å². The van der Waals surface area contributed by atoms with E-state index < -0.39 is 0 Å². The maximum absolute atomic E-state index is 5.39. The van der Waals surface area contributed by atoms with Gasteiger partial charge in [-0.05, 0) is 51.3 Å². The number of thiophene rings is 1. The monoisotopic (exact) mass is 269 g/mol. The van der Waals surface area contributed by atoms with Crippen LogP contribution in [-0.2, 0) is 17.6 Å². The van der Waals surface area contributed by atoms with Gasteiger partial charge in [0.25, 0.3) is 0 Å². The highest BCUT2D eigenvalue weighted by Crippen LogP contribution is 2.20. The molecule has 1 rings (SSSR count). The Morgan fingerprint density at radius 3 is 2.56 bits per heavy atom. The first-order chi connectivity index (χ1) is 8.69. The minimum Gasteiger partial charge on any atom is -0.382 e. The van der Waals surface area contributed by atoms with Crippen LogP contribution in [0.4, 0.5) is 0 Å². The molecule has 0 aromatic carbocycles. The van der Waals surface area contributed by atoms with E-state index in [0.29, 0.717) is 12.1 Å². The van der Waals surface area contributed by atoms with Gasteiger partial charge in [-0.25, -0.2) is 0 Å². The second kappa shape index (κ2) is 8.68. The fourth-order valence-electron chi connectivity index (χ4n) is 2.05. The molecule has 0 fully saturated rings. The quantitative estimate of drug-likeness (QED) is 0.739. The molecule has 0 radical (unpaired) electrons. The zero-order valence-electron chi connectivity index (χ0n) is 12.2. The molecule has 1 aromatic heterocycles. The molecule has 2 unspecified atom stereocenters. The van der Waals surface area contributed by atoms with Crippen LogP contribution in [-0.4, -0.2) is 25.8 Å². The first-order valence-electron chi connectivity index (χ1n) is 7.03. The summed E-state index contributed by atoms with van der Waals surface area (Å²) in [7, 11) is 1.79. The first-order valence-corrected chi connectivity index (χ1v) is 7.85. The molecule has 104 valence electrons. The average Bonchev–Trinajstić information content (AvgIpc) is 2.83. The minimum atomic E-state index is 0.324. The summed E-state index contributed by atoms with van der Waals surface area (Å²) >= 11 is 1.95. The second-order valence-corrected chi connectivity index (χ2v) is 6.11. The molecule has 0 spiro atoms. The largest absolute Gasteiger partial charge is 0.382 e. The van der Waals surface area contributed by atoms with Crippen LogP contribution in [0.2, 0.25) is 0 Å². The molecule has 0 saturated heterocycles. The molecule has 1 N–H and O–H groups in total. The van der Waals surface area contributed by atoms with Crippen LogP contribution in [0.1, 0.15) is 43.4 Å². The Bertz CT molecular complexity index is 324. The third-order valence-electron chi connectivity index (χ3n) is 3.22. The van der Waals surface area contributed by atoms with Crippen molar-refractivity contribution in [3.8, 4) is 0 Å². The van der Waals surface area contributed by atoms with E-state index in [2.05, 4.69) is 38.2 Å². The lowest BCUT2D eigenvalue weighted by Crippen LogP contribution is -2.34. The van der Waals surface area contributed by atoms with Crippen LogP contribution in [0.15, 0.2) is 12.1 Å². The smallest absolute Gasteiger partial charge is 0.0558 e. The third-order valence-corrected chi connectivity index (χ3v) is 4.47. The molecule has 0 bridgehead atoms. The van der Waals surface area contributed by atoms with Crippen LogP contribution in [0.5, 0.6) is 0 Å². The number of nitrogens with one attached hydrogen (secondary N) is 1. The van der Waals surface area contributed by atoms with Gasteiger partial charge in [-0.3, -0.25) is 0 Å². The highest BCUT2D eigenvalue weighted by atomic mass is 32.1. The maximum atomic E-state index is 5.39. The summed E-state index contributed by atoms with van der Waals surface area (Å²) in [6, 6.07) is 5.07. The Morgan fingerprint density at radius 2 is 2.00 bits per heavy atom. The molecule has 3 heteroatoms. The Hall–Kier alpha value is -0.380. The van der Waals surface area contributed by atoms with Gasteiger partial charge in [0.15, 0.2) is 0 Å². The molecular formula is C15H27NOS.